The van der Waals surface area contributed by atoms with Gasteiger partial charge in [0.15, 0.2) is 11.5 Å². The van der Waals surface area contributed by atoms with Crippen molar-refractivity contribution in [3.63, 3.8) is 0 Å². The average molecular weight is 526 g/mol. The van der Waals surface area contributed by atoms with Crippen LogP contribution in [0.15, 0.2) is 64.6 Å². The van der Waals surface area contributed by atoms with Crippen molar-refractivity contribution in [3.05, 3.63) is 91.9 Å². The summed E-state index contributed by atoms with van der Waals surface area (Å²) in [6.07, 6.45) is 1.51. The van der Waals surface area contributed by atoms with Gasteiger partial charge in [0.25, 0.3) is 5.91 Å². The molecule has 0 saturated carbocycles. The maximum Gasteiger partial charge on any atom is 0.266 e. The molecule has 0 saturated heterocycles. The van der Waals surface area contributed by atoms with Crippen LogP contribution in [-0.4, -0.2) is 13.0 Å². The second kappa shape index (κ2) is 11.0. The molecule has 0 aliphatic carbocycles. The summed E-state index contributed by atoms with van der Waals surface area (Å²) in [6.45, 7) is 4.21. The number of nitriles is 1. The van der Waals surface area contributed by atoms with Gasteiger partial charge < -0.3 is 14.8 Å². The predicted molar refractivity (Wildman–Crippen MR) is 135 cm³/mol. The van der Waals surface area contributed by atoms with E-state index >= 15 is 0 Å². The Morgan fingerprint density at radius 2 is 1.91 bits per heavy atom. The van der Waals surface area contributed by atoms with E-state index in [1.165, 1.54) is 13.2 Å². The number of halogens is 2. The average Bonchev–Trinajstić information content (AvgIpc) is 2.80. The molecule has 0 aromatic heterocycles. The smallest absolute Gasteiger partial charge is 0.266 e. The van der Waals surface area contributed by atoms with Gasteiger partial charge in [0.05, 0.1) is 11.6 Å². The molecule has 0 unspecified atom stereocenters. The van der Waals surface area contributed by atoms with Crippen LogP contribution < -0.4 is 14.8 Å². The number of benzene rings is 3. The van der Waals surface area contributed by atoms with Crippen LogP contribution in [0, 0.1) is 25.2 Å². The van der Waals surface area contributed by atoms with Gasteiger partial charge in [-0.1, -0.05) is 35.9 Å². The fourth-order valence-electron chi connectivity index (χ4n) is 3.09. The van der Waals surface area contributed by atoms with Gasteiger partial charge in [-0.05, 0) is 88.4 Å². The first-order valence-corrected chi connectivity index (χ1v) is 11.2. The molecule has 0 aliphatic heterocycles. The number of ether oxygens (including phenoxy) is 2. The summed E-state index contributed by atoms with van der Waals surface area (Å²) >= 11 is 9.43. The second-order valence-corrected chi connectivity index (χ2v) is 8.61. The van der Waals surface area contributed by atoms with Gasteiger partial charge >= 0.3 is 0 Å². The Morgan fingerprint density at radius 1 is 1.18 bits per heavy atom. The fourth-order valence-corrected chi connectivity index (χ4v) is 3.79. The molecule has 3 aromatic carbocycles. The Labute approximate surface area is 206 Å². The Kier molecular flexibility index (Phi) is 8.16. The minimum Gasteiger partial charge on any atom is -0.493 e. The molecule has 5 nitrogen and oxygen atoms in total. The number of nitrogens with zero attached hydrogens (tertiary/aromatic N) is 1. The third-order valence-corrected chi connectivity index (χ3v) is 5.92. The highest BCUT2D eigenvalue weighted by Crippen LogP contribution is 2.38. The van der Waals surface area contributed by atoms with Crippen LogP contribution >= 0.6 is 27.5 Å². The summed E-state index contributed by atoms with van der Waals surface area (Å²) in [7, 11) is 1.53. The second-order valence-electron chi connectivity index (χ2n) is 7.32. The summed E-state index contributed by atoms with van der Waals surface area (Å²) in [4.78, 5) is 12.7. The highest BCUT2D eigenvalue weighted by Gasteiger charge is 2.15. The number of rotatable bonds is 7. The van der Waals surface area contributed by atoms with Crippen LogP contribution in [0.1, 0.15) is 22.3 Å². The van der Waals surface area contributed by atoms with Crippen molar-refractivity contribution in [2.45, 2.75) is 20.5 Å². The van der Waals surface area contributed by atoms with E-state index in [1.807, 2.05) is 50.2 Å². The van der Waals surface area contributed by atoms with Crippen molar-refractivity contribution >= 4 is 45.2 Å². The van der Waals surface area contributed by atoms with Crippen molar-refractivity contribution in [1.29, 1.82) is 5.26 Å². The minimum atomic E-state index is -0.482. The van der Waals surface area contributed by atoms with Gasteiger partial charge in [0.1, 0.15) is 18.2 Å². The van der Waals surface area contributed by atoms with E-state index in [4.69, 9.17) is 21.1 Å². The van der Waals surface area contributed by atoms with Gasteiger partial charge in [-0.3, -0.25) is 4.79 Å². The van der Waals surface area contributed by atoms with Crippen LogP contribution in [0.2, 0.25) is 5.02 Å². The number of aryl methyl sites for hydroxylation is 1. The lowest BCUT2D eigenvalue weighted by Crippen LogP contribution is -2.14. The zero-order valence-corrected chi connectivity index (χ0v) is 20.8. The molecule has 0 radical (unpaired) electrons. The topological polar surface area (TPSA) is 71.3 Å². The normalized spacial score (nSPS) is 11.0. The lowest BCUT2D eigenvalue weighted by Gasteiger charge is -2.14. The number of methoxy groups -OCH3 is 1. The molecular formula is C26H22BrClN2O3. The Balaban J connectivity index is 1.83. The first-order chi connectivity index (χ1) is 15.8. The molecule has 0 heterocycles. The molecule has 1 amide bonds. The Hall–Kier alpha value is -3.27. The first-order valence-electron chi connectivity index (χ1n) is 10.1. The van der Waals surface area contributed by atoms with Crippen LogP contribution in [0.3, 0.4) is 0 Å². The van der Waals surface area contributed by atoms with Crippen LogP contribution in [0.25, 0.3) is 6.08 Å². The largest absolute Gasteiger partial charge is 0.493 e. The summed E-state index contributed by atoms with van der Waals surface area (Å²) in [5.74, 6) is 0.504. The predicted octanol–water partition coefficient (Wildman–Crippen LogP) is 6.85. The number of nitrogens with one attached hydrogen (secondary N) is 1. The molecule has 0 atom stereocenters. The number of carbonyl (C=O) groups is 1. The lowest BCUT2D eigenvalue weighted by molar-refractivity contribution is -0.112. The molecule has 0 bridgehead atoms. The molecule has 0 aliphatic rings. The van der Waals surface area contributed by atoms with Crippen LogP contribution in [0.4, 0.5) is 5.69 Å². The van der Waals surface area contributed by atoms with Gasteiger partial charge in [-0.2, -0.15) is 5.26 Å². The molecule has 1 N–H and O–H groups in total. The summed E-state index contributed by atoms with van der Waals surface area (Å²) in [5.41, 5.74) is 4.22. The minimum absolute atomic E-state index is 0.0281. The molecule has 7 heteroatoms. The number of anilines is 1. The number of carbonyl (C=O) groups excluding carboxylic acids is 1. The molecular weight excluding hydrogens is 504 g/mol. The number of hydrogen-bond acceptors (Lipinski definition) is 4. The van der Waals surface area contributed by atoms with E-state index in [0.717, 1.165) is 16.7 Å². The lowest BCUT2D eigenvalue weighted by atomic mass is 10.1. The molecule has 33 heavy (non-hydrogen) atoms. The zero-order valence-electron chi connectivity index (χ0n) is 18.4. The third-order valence-electron chi connectivity index (χ3n) is 5.08. The van der Waals surface area contributed by atoms with Crippen molar-refractivity contribution in [1.82, 2.24) is 0 Å². The Bertz CT molecular complexity index is 1250. The van der Waals surface area contributed by atoms with Crippen molar-refractivity contribution in [2.24, 2.45) is 0 Å². The van der Waals surface area contributed by atoms with Gasteiger partial charge in [0, 0.05) is 10.7 Å². The maximum atomic E-state index is 12.7. The number of hydrogen-bond donors (Lipinski definition) is 1. The maximum absolute atomic E-state index is 12.7. The molecule has 168 valence electrons. The van der Waals surface area contributed by atoms with Crippen LogP contribution in [0.5, 0.6) is 11.5 Å². The molecule has 3 aromatic rings. The quantitative estimate of drug-likeness (QED) is 0.270. The Morgan fingerprint density at radius 3 is 2.58 bits per heavy atom. The molecule has 0 fully saturated rings. The van der Waals surface area contributed by atoms with Gasteiger partial charge in [-0.25, -0.2) is 0 Å². The SMILES string of the molecule is COc1cc(/C=C(/C#N)C(=O)Nc2cccc(C)c2C)cc(Br)c1OCc1ccc(Cl)cc1. The molecule has 0 spiro atoms. The van der Waals surface area contributed by atoms with E-state index < -0.39 is 5.91 Å². The van der Waals surface area contributed by atoms with Crippen molar-refractivity contribution in [2.75, 3.05) is 12.4 Å². The van der Waals surface area contributed by atoms with Gasteiger partial charge in [-0.15, -0.1) is 0 Å². The van der Waals surface area contributed by atoms with E-state index in [9.17, 15) is 10.1 Å². The zero-order chi connectivity index (χ0) is 24.0. The summed E-state index contributed by atoms with van der Waals surface area (Å²) in [5, 5.41) is 13.1. The van der Waals surface area contributed by atoms with E-state index in [-0.39, 0.29) is 5.57 Å². The highest BCUT2D eigenvalue weighted by atomic mass is 79.9. The monoisotopic (exact) mass is 524 g/mol. The standard InChI is InChI=1S/C26H22BrClN2O3/c1-16-5-4-6-23(17(16)2)30-26(31)20(14-29)11-19-12-22(27)25(24(13-19)32-3)33-15-18-7-9-21(28)10-8-18/h4-13H,15H2,1-3H3,(H,30,31)/b20-11-. The first kappa shape index (κ1) is 24.4. The fraction of sp³-hybridized carbons (Fsp3) is 0.154. The van der Waals surface area contributed by atoms with Crippen molar-refractivity contribution in [3.8, 4) is 17.6 Å². The summed E-state index contributed by atoms with van der Waals surface area (Å²) in [6, 6.07) is 18.5. The van der Waals surface area contributed by atoms with Crippen LogP contribution in [-0.2, 0) is 11.4 Å². The summed E-state index contributed by atoms with van der Waals surface area (Å²) < 4.78 is 12.1. The highest BCUT2D eigenvalue weighted by molar-refractivity contribution is 9.10. The third kappa shape index (κ3) is 6.16. The van der Waals surface area contributed by atoms with E-state index in [1.54, 1.807) is 24.3 Å². The van der Waals surface area contributed by atoms with E-state index in [0.29, 0.717) is 38.9 Å². The van der Waals surface area contributed by atoms with Crippen molar-refractivity contribution < 1.29 is 14.3 Å². The molecule has 3 rings (SSSR count). The van der Waals surface area contributed by atoms with Gasteiger partial charge in [0.2, 0.25) is 0 Å². The number of amides is 1. The van der Waals surface area contributed by atoms with E-state index in [2.05, 4.69) is 21.2 Å².